The van der Waals surface area contributed by atoms with Crippen molar-refractivity contribution in [1.82, 2.24) is 9.29 Å². The number of sulfonamides is 1. The molecular weight excluding hydrogens is 303 g/mol. The van der Waals surface area contributed by atoms with Crippen molar-refractivity contribution in [2.24, 2.45) is 0 Å². The zero-order valence-electron chi connectivity index (χ0n) is 11.6. The first kappa shape index (κ1) is 14.7. The molecule has 112 valence electrons. The van der Waals surface area contributed by atoms with Crippen LogP contribution in [0.3, 0.4) is 0 Å². The van der Waals surface area contributed by atoms with E-state index in [2.05, 4.69) is 16.8 Å². The third-order valence-corrected chi connectivity index (χ3v) is 5.12. The molecule has 22 heavy (non-hydrogen) atoms. The lowest BCUT2D eigenvalue weighted by Gasteiger charge is -2.39. The number of hydrogen-bond donors (Lipinski definition) is 0. The minimum Gasteiger partial charge on any atom is -0.248 e. The van der Waals surface area contributed by atoms with Gasteiger partial charge in [-0.05, 0) is 30.2 Å². The standard InChI is InChI=1S/C16H13FN2O2S/c17-16(10-9-14-6-4-5-11-18-14)12-19(13-16)22(20,21)15-7-2-1-3-8-15/h1-8,11H,12-13H2. The van der Waals surface area contributed by atoms with Crippen LogP contribution in [0.2, 0.25) is 0 Å². The number of alkyl halides is 1. The lowest BCUT2D eigenvalue weighted by Crippen LogP contribution is -2.60. The first-order chi connectivity index (χ1) is 10.5. The van der Waals surface area contributed by atoms with Crippen LogP contribution in [0.15, 0.2) is 59.6 Å². The van der Waals surface area contributed by atoms with Crippen LogP contribution in [0.25, 0.3) is 0 Å². The first-order valence-corrected chi connectivity index (χ1v) is 8.12. The van der Waals surface area contributed by atoms with Crippen LogP contribution in [-0.4, -0.2) is 36.5 Å². The Morgan fingerprint density at radius 1 is 1.09 bits per heavy atom. The molecule has 6 heteroatoms. The molecule has 1 aliphatic rings. The van der Waals surface area contributed by atoms with E-state index in [4.69, 9.17) is 0 Å². The average molecular weight is 316 g/mol. The van der Waals surface area contributed by atoms with Gasteiger partial charge in [0.05, 0.1) is 18.0 Å². The van der Waals surface area contributed by atoms with Gasteiger partial charge in [0.2, 0.25) is 10.0 Å². The van der Waals surface area contributed by atoms with E-state index >= 15 is 0 Å². The largest absolute Gasteiger partial charge is 0.248 e. The molecule has 1 aromatic carbocycles. The Morgan fingerprint density at radius 3 is 2.41 bits per heavy atom. The summed E-state index contributed by atoms with van der Waals surface area (Å²) in [6.45, 7) is -0.520. The smallest absolute Gasteiger partial charge is 0.243 e. The number of hydrogen-bond acceptors (Lipinski definition) is 3. The Balaban J connectivity index is 1.73. The van der Waals surface area contributed by atoms with Crippen molar-refractivity contribution in [1.29, 1.82) is 0 Å². The van der Waals surface area contributed by atoms with E-state index in [9.17, 15) is 12.8 Å². The Bertz CT molecular complexity index is 821. The second-order valence-corrected chi connectivity index (χ2v) is 6.95. The molecule has 2 aromatic rings. The highest BCUT2D eigenvalue weighted by Gasteiger charge is 2.48. The fourth-order valence-corrected chi connectivity index (χ4v) is 3.66. The second kappa shape index (κ2) is 5.52. The van der Waals surface area contributed by atoms with Crippen molar-refractivity contribution in [3.8, 4) is 11.8 Å². The van der Waals surface area contributed by atoms with E-state index in [0.29, 0.717) is 5.69 Å². The van der Waals surface area contributed by atoms with E-state index in [1.54, 1.807) is 42.6 Å². The molecule has 1 aromatic heterocycles. The molecule has 2 heterocycles. The summed E-state index contributed by atoms with van der Waals surface area (Å²) in [5.41, 5.74) is -1.36. The minimum absolute atomic E-state index is 0.162. The molecule has 1 fully saturated rings. The van der Waals surface area contributed by atoms with Gasteiger partial charge in [0.25, 0.3) is 0 Å². The Morgan fingerprint density at radius 2 is 1.77 bits per heavy atom. The van der Waals surface area contributed by atoms with Gasteiger partial charge in [-0.1, -0.05) is 30.2 Å². The molecule has 3 rings (SSSR count). The SMILES string of the molecule is O=S(=O)(c1ccccc1)N1CC(F)(C#Cc2ccccn2)C1. The third kappa shape index (κ3) is 2.86. The monoisotopic (exact) mass is 316 g/mol. The lowest BCUT2D eigenvalue weighted by atomic mass is 10.0. The highest BCUT2D eigenvalue weighted by molar-refractivity contribution is 7.89. The van der Waals surface area contributed by atoms with Gasteiger partial charge in [0.15, 0.2) is 5.67 Å². The maximum atomic E-state index is 14.4. The summed E-state index contributed by atoms with van der Waals surface area (Å²) in [7, 11) is -3.65. The first-order valence-electron chi connectivity index (χ1n) is 6.68. The normalized spacial score (nSPS) is 17.1. The molecule has 0 radical (unpaired) electrons. The fourth-order valence-electron chi connectivity index (χ4n) is 2.12. The minimum atomic E-state index is -3.65. The maximum Gasteiger partial charge on any atom is 0.243 e. The van der Waals surface area contributed by atoms with Gasteiger partial charge < -0.3 is 0 Å². The number of aromatic nitrogens is 1. The molecule has 1 aliphatic heterocycles. The number of halogens is 1. The van der Waals surface area contributed by atoms with Gasteiger partial charge >= 0.3 is 0 Å². The molecule has 0 atom stereocenters. The summed E-state index contributed by atoms with van der Waals surface area (Å²) in [6.07, 6.45) is 1.57. The van der Waals surface area contributed by atoms with E-state index < -0.39 is 15.7 Å². The number of benzene rings is 1. The van der Waals surface area contributed by atoms with E-state index in [1.165, 1.54) is 12.1 Å². The van der Waals surface area contributed by atoms with Gasteiger partial charge in [0, 0.05) is 6.20 Å². The predicted molar refractivity (Wildman–Crippen MR) is 80.2 cm³/mol. The van der Waals surface area contributed by atoms with Gasteiger partial charge in [-0.3, -0.25) is 0 Å². The van der Waals surface area contributed by atoms with Crippen LogP contribution in [-0.2, 0) is 10.0 Å². The van der Waals surface area contributed by atoms with Crippen LogP contribution < -0.4 is 0 Å². The highest BCUT2D eigenvalue weighted by atomic mass is 32.2. The van der Waals surface area contributed by atoms with Crippen molar-refractivity contribution in [2.75, 3.05) is 13.1 Å². The van der Waals surface area contributed by atoms with Crippen LogP contribution in [0.4, 0.5) is 4.39 Å². The van der Waals surface area contributed by atoms with Crippen LogP contribution in [0, 0.1) is 11.8 Å². The molecular formula is C16H13FN2O2S. The van der Waals surface area contributed by atoms with Gasteiger partial charge in [-0.15, -0.1) is 0 Å². The van der Waals surface area contributed by atoms with Gasteiger partial charge in [-0.2, -0.15) is 4.31 Å². The zero-order chi connectivity index (χ0) is 15.6. The Labute approximate surface area is 128 Å². The number of rotatable bonds is 2. The van der Waals surface area contributed by atoms with Crippen LogP contribution in [0.1, 0.15) is 5.69 Å². The van der Waals surface area contributed by atoms with Crippen molar-refractivity contribution >= 4 is 10.0 Å². The fraction of sp³-hybridized carbons (Fsp3) is 0.188. The van der Waals surface area contributed by atoms with Gasteiger partial charge in [-0.25, -0.2) is 17.8 Å². The topological polar surface area (TPSA) is 50.3 Å². The Kier molecular flexibility index (Phi) is 3.69. The van der Waals surface area contributed by atoms with E-state index in [0.717, 1.165) is 4.31 Å². The molecule has 0 aliphatic carbocycles. The summed E-state index contributed by atoms with van der Waals surface area (Å²) < 4.78 is 40.0. The molecule has 4 nitrogen and oxygen atoms in total. The van der Waals surface area contributed by atoms with Crippen LogP contribution >= 0.6 is 0 Å². The lowest BCUT2D eigenvalue weighted by molar-refractivity contribution is 0.0766. The van der Waals surface area contributed by atoms with Crippen molar-refractivity contribution in [3.05, 3.63) is 60.4 Å². The molecule has 0 N–H and O–H groups in total. The van der Waals surface area contributed by atoms with Crippen molar-refractivity contribution < 1.29 is 12.8 Å². The Hall–Kier alpha value is -2.23. The summed E-state index contributed by atoms with van der Waals surface area (Å²) in [4.78, 5) is 4.15. The molecule has 1 saturated heterocycles. The van der Waals surface area contributed by atoms with E-state index in [-0.39, 0.29) is 18.0 Å². The predicted octanol–water partition coefficient (Wildman–Crippen LogP) is 1.85. The molecule has 0 amide bonds. The number of pyridine rings is 1. The summed E-state index contributed by atoms with van der Waals surface area (Å²) in [5.74, 6) is 5.12. The summed E-state index contributed by atoms with van der Waals surface area (Å²) in [5, 5.41) is 0. The molecule has 0 bridgehead atoms. The highest BCUT2D eigenvalue weighted by Crippen LogP contribution is 2.30. The van der Waals surface area contributed by atoms with Gasteiger partial charge in [0.1, 0.15) is 5.69 Å². The summed E-state index contributed by atoms with van der Waals surface area (Å²) in [6, 6.07) is 13.2. The third-order valence-electron chi connectivity index (χ3n) is 3.31. The molecule has 0 unspecified atom stereocenters. The second-order valence-electron chi connectivity index (χ2n) is 5.02. The number of nitrogens with zero attached hydrogens (tertiary/aromatic N) is 2. The quantitative estimate of drug-likeness (QED) is 0.795. The average Bonchev–Trinajstić information content (AvgIpc) is 2.52. The molecule has 0 spiro atoms. The van der Waals surface area contributed by atoms with Crippen LogP contribution in [0.5, 0.6) is 0 Å². The van der Waals surface area contributed by atoms with Crippen molar-refractivity contribution in [2.45, 2.75) is 10.6 Å². The van der Waals surface area contributed by atoms with Crippen molar-refractivity contribution in [3.63, 3.8) is 0 Å². The maximum absolute atomic E-state index is 14.4. The zero-order valence-corrected chi connectivity index (χ0v) is 12.4. The molecule has 0 saturated carbocycles. The summed E-state index contributed by atoms with van der Waals surface area (Å²) >= 11 is 0. The van der Waals surface area contributed by atoms with E-state index in [1.807, 2.05) is 0 Å².